The topological polar surface area (TPSA) is 106 Å². The number of rotatable bonds is 11. The van der Waals surface area contributed by atoms with Gasteiger partial charge in [0.05, 0.1) is 17.2 Å². The molecule has 0 atom stereocenters. The molecule has 0 bridgehead atoms. The maximum absolute atomic E-state index is 12.6. The minimum Gasteiger partial charge on any atom is -0.493 e. The van der Waals surface area contributed by atoms with Crippen LogP contribution in [0.3, 0.4) is 0 Å². The van der Waals surface area contributed by atoms with Gasteiger partial charge in [-0.15, -0.1) is 10.2 Å². The lowest BCUT2D eigenvalue weighted by atomic mass is 10.1. The number of para-hydroxylation sites is 2. The van der Waals surface area contributed by atoms with Crippen LogP contribution in [0.4, 0.5) is 5.13 Å². The van der Waals surface area contributed by atoms with Gasteiger partial charge in [0.1, 0.15) is 29.9 Å². The zero-order chi connectivity index (χ0) is 26.1. The molecule has 1 amide bonds. The Balaban J connectivity index is 1.63. The van der Waals surface area contributed by atoms with Crippen molar-refractivity contribution in [2.75, 3.05) is 25.6 Å². The molecule has 1 N–H and O–H groups in total. The summed E-state index contributed by atoms with van der Waals surface area (Å²) in [6.07, 6.45) is 2.14. The number of carbonyl (C=O) groups is 1. The molecule has 188 valence electrons. The van der Waals surface area contributed by atoms with E-state index < -0.39 is 5.91 Å². The van der Waals surface area contributed by atoms with E-state index >= 15 is 0 Å². The quantitative estimate of drug-likeness (QED) is 0.177. The third-order valence-corrected chi connectivity index (χ3v) is 6.05. The van der Waals surface area contributed by atoms with E-state index in [2.05, 4.69) is 29.4 Å². The predicted octanol–water partition coefficient (Wildman–Crippen LogP) is 6.06. The van der Waals surface area contributed by atoms with Crippen LogP contribution in [-0.4, -0.2) is 36.4 Å². The van der Waals surface area contributed by atoms with Gasteiger partial charge in [0.15, 0.2) is 17.2 Å². The largest absolute Gasteiger partial charge is 0.493 e. The van der Waals surface area contributed by atoms with Crippen molar-refractivity contribution < 1.29 is 19.0 Å². The number of hydrogen-bond donors (Lipinski definition) is 1. The Hall–Kier alpha value is -3.32. The third-order valence-electron chi connectivity index (χ3n) is 4.62. The molecule has 0 unspecified atom stereocenters. The molecule has 1 heterocycles. The van der Waals surface area contributed by atoms with Crippen molar-refractivity contribution in [3.8, 4) is 23.3 Å². The summed E-state index contributed by atoms with van der Waals surface area (Å²) in [6.45, 7) is 4.55. The molecule has 8 nitrogen and oxygen atoms in total. The molecule has 2 aromatic carbocycles. The average Bonchev–Trinajstić information content (AvgIpc) is 3.27. The zero-order valence-electron chi connectivity index (χ0n) is 19.9. The summed E-state index contributed by atoms with van der Waals surface area (Å²) in [4.78, 5) is 12.6. The second kappa shape index (κ2) is 13.1. The first-order valence-corrected chi connectivity index (χ1v) is 12.5. The summed E-state index contributed by atoms with van der Waals surface area (Å²) < 4.78 is 16.6. The molecule has 0 saturated carbocycles. The van der Waals surface area contributed by atoms with Crippen LogP contribution in [0, 0.1) is 17.2 Å². The van der Waals surface area contributed by atoms with Crippen LogP contribution in [-0.2, 0) is 11.2 Å². The standard InChI is InChI=1S/C25H24Cl2N4O4S/c1-15(2)10-22-30-31-25(36-22)29-24(32)17(14-28)11-16-12-18(26)23(19(27)13-16)35-9-8-34-21-7-5-4-6-20(21)33-3/h4-7,11-13,15H,8-10H2,1-3H3,(H,29,31,32)/b17-11-. The highest BCUT2D eigenvalue weighted by atomic mass is 35.5. The monoisotopic (exact) mass is 546 g/mol. The molecule has 3 rings (SSSR count). The lowest BCUT2D eigenvalue weighted by Crippen LogP contribution is -2.13. The SMILES string of the molecule is COc1ccccc1OCCOc1c(Cl)cc(/C=C(/C#N)C(=O)Nc2nnc(CC(C)C)s2)cc1Cl. The molecular formula is C25H24Cl2N4O4S. The van der Waals surface area contributed by atoms with Gasteiger partial charge in [0.25, 0.3) is 5.91 Å². The van der Waals surface area contributed by atoms with Crippen LogP contribution < -0.4 is 19.5 Å². The molecule has 0 spiro atoms. The first-order chi connectivity index (χ1) is 17.3. The summed E-state index contributed by atoms with van der Waals surface area (Å²) >= 11 is 14.0. The lowest BCUT2D eigenvalue weighted by Gasteiger charge is -2.13. The number of nitriles is 1. The van der Waals surface area contributed by atoms with Crippen molar-refractivity contribution in [1.82, 2.24) is 10.2 Å². The number of methoxy groups -OCH3 is 1. The average molecular weight is 547 g/mol. The van der Waals surface area contributed by atoms with Crippen LogP contribution in [0.5, 0.6) is 17.2 Å². The number of benzene rings is 2. The summed E-state index contributed by atoms with van der Waals surface area (Å²) in [5.41, 5.74) is 0.328. The molecule has 1 aromatic heterocycles. The number of aromatic nitrogens is 2. The Morgan fingerprint density at radius 3 is 2.44 bits per heavy atom. The van der Waals surface area contributed by atoms with Gasteiger partial charge in [0, 0.05) is 6.42 Å². The number of nitrogens with zero attached hydrogens (tertiary/aromatic N) is 3. The van der Waals surface area contributed by atoms with Gasteiger partial charge < -0.3 is 14.2 Å². The van der Waals surface area contributed by atoms with Gasteiger partial charge in [-0.25, -0.2) is 0 Å². The van der Waals surface area contributed by atoms with E-state index in [9.17, 15) is 10.1 Å². The molecule has 0 aliphatic rings. The highest BCUT2D eigenvalue weighted by Gasteiger charge is 2.15. The molecule has 0 fully saturated rings. The summed E-state index contributed by atoms with van der Waals surface area (Å²) in [7, 11) is 1.57. The highest BCUT2D eigenvalue weighted by Crippen LogP contribution is 2.35. The highest BCUT2D eigenvalue weighted by molar-refractivity contribution is 7.15. The number of anilines is 1. The number of nitrogens with one attached hydrogen (secondary N) is 1. The Labute approximate surface area is 223 Å². The molecular weight excluding hydrogens is 523 g/mol. The van der Waals surface area contributed by atoms with E-state index in [1.165, 1.54) is 17.4 Å². The molecule has 36 heavy (non-hydrogen) atoms. The smallest absolute Gasteiger partial charge is 0.268 e. The molecule has 3 aromatic rings. The maximum Gasteiger partial charge on any atom is 0.268 e. The number of hydrogen-bond acceptors (Lipinski definition) is 8. The van der Waals surface area contributed by atoms with Crippen LogP contribution in [0.2, 0.25) is 10.0 Å². The summed E-state index contributed by atoms with van der Waals surface area (Å²) in [5, 5.41) is 21.7. The lowest BCUT2D eigenvalue weighted by molar-refractivity contribution is -0.112. The van der Waals surface area contributed by atoms with E-state index in [1.54, 1.807) is 31.4 Å². The fraction of sp³-hybridized carbons (Fsp3) is 0.280. The molecule has 0 aliphatic heterocycles. The second-order valence-corrected chi connectivity index (χ2v) is 9.76. The van der Waals surface area contributed by atoms with Gasteiger partial charge in [-0.3, -0.25) is 10.1 Å². The van der Waals surface area contributed by atoms with Crippen molar-refractivity contribution in [3.05, 3.63) is 62.6 Å². The minimum atomic E-state index is -0.606. The van der Waals surface area contributed by atoms with Crippen molar-refractivity contribution in [3.63, 3.8) is 0 Å². The van der Waals surface area contributed by atoms with E-state index in [0.717, 1.165) is 11.4 Å². The number of ether oxygens (including phenoxy) is 3. The summed E-state index contributed by atoms with van der Waals surface area (Å²) in [6, 6.07) is 12.3. The normalized spacial score (nSPS) is 11.2. The third kappa shape index (κ3) is 7.59. The van der Waals surface area contributed by atoms with Gasteiger partial charge in [-0.05, 0) is 41.8 Å². The first-order valence-electron chi connectivity index (χ1n) is 10.9. The van der Waals surface area contributed by atoms with Crippen LogP contribution in [0.15, 0.2) is 42.0 Å². The van der Waals surface area contributed by atoms with E-state index in [0.29, 0.717) is 28.1 Å². The zero-order valence-corrected chi connectivity index (χ0v) is 22.2. The van der Waals surface area contributed by atoms with Gasteiger partial charge in [0.2, 0.25) is 5.13 Å². The second-order valence-electron chi connectivity index (χ2n) is 7.88. The predicted molar refractivity (Wildman–Crippen MR) is 141 cm³/mol. The van der Waals surface area contributed by atoms with E-state index in [1.807, 2.05) is 18.2 Å². The fourth-order valence-electron chi connectivity index (χ4n) is 3.05. The van der Waals surface area contributed by atoms with Crippen molar-refractivity contribution >= 4 is 51.7 Å². The molecule has 0 aliphatic carbocycles. The molecule has 11 heteroatoms. The first kappa shape index (κ1) is 27.3. The van der Waals surface area contributed by atoms with Crippen LogP contribution >= 0.6 is 34.5 Å². The van der Waals surface area contributed by atoms with Gasteiger partial charge in [-0.2, -0.15) is 5.26 Å². The number of carbonyl (C=O) groups excluding carboxylic acids is 1. The fourth-order valence-corrected chi connectivity index (χ4v) is 4.61. The Bertz CT molecular complexity index is 1260. The van der Waals surface area contributed by atoms with Crippen LogP contribution in [0.1, 0.15) is 24.4 Å². The molecule has 0 radical (unpaired) electrons. The maximum atomic E-state index is 12.6. The Morgan fingerprint density at radius 2 is 1.81 bits per heavy atom. The Morgan fingerprint density at radius 1 is 1.14 bits per heavy atom. The summed E-state index contributed by atoms with van der Waals surface area (Å²) in [5.74, 6) is 1.29. The minimum absolute atomic E-state index is 0.137. The van der Waals surface area contributed by atoms with Crippen molar-refractivity contribution in [2.45, 2.75) is 20.3 Å². The van der Waals surface area contributed by atoms with Crippen molar-refractivity contribution in [2.24, 2.45) is 5.92 Å². The molecule has 0 saturated heterocycles. The van der Waals surface area contributed by atoms with Gasteiger partial charge >= 0.3 is 0 Å². The Kier molecular flexibility index (Phi) is 9.94. The van der Waals surface area contributed by atoms with Crippen molar-refractivity contribution in [1.29, 1.82) is 5.26 Å². The number of halogens is 2. The van der Waals surface area contributed by atoms with Gasteiger partial charge in [-0.1, -0.05) is 60.5 Å². The van der Waals surface area contributed by atoms with E-state index in [4.69, 9.17) is 37.4 Å². The van der Waals surface area contributed by atoms with E-state index in [-0.39, 0.29) is 34.6 Å². The van der Waals surface area contributed by atoms with Crippen LogP contribution in [0.25, 0.3) is 6.08 Å². The number of amides is 1.